The minimum absolute atomic E-state index is 0.514. The van der Waals surface area contributed by atoms with E-state index >= 15 is 0 Å². The van der Waals surface area contributed by atoms with Crippen LogP contribution >= 0.6 is 11.6 Å². The summed E-state index contributed by atoms with van der Waals surface area (Å²) in [6.45, 7) is 0. The highest BCUT2D eigenvalue weighted by molar-refractivity contribution is 6.30. The molecule has 0 bridgehead atoms. The van der Waals surface area contributed by atoms with Gasteiger partial charge in [0.1, 0.15) is 11.8 Å². The van der Waals surface area contributed by atoms with Crippen LogP contribution in [0.5, 0.6) is 0 Å². The highest BCUT2D eigenvalue weighted by Crippen LogP contribution is 2.13. The van der Waals surface area contributed by atoms with Crippen molar-refractivity contribution in [2.24, 2.45) is 0 Å². The number of halogens is 1. The molecule has 0 unspecified atom stereocenters. The fraction of sp³-hybridized carbons (Fsp3) is 0. The number of nitrogens with zero attached hydrogens (tertiary/aromatic N) is 4. The van der Waals surface area contributed by atoms with Gasteiger partial charge in [-0.25, -0.2) is 4.68 Å². The lowest BCUT2D eigenvalue weighted by molar-refractivity contribution is 0.870. The summed E-state index contributed by atoms with van der Waals surface area (Å²) in [6, 6.07) is 3.69. The average Bonchev–Trinajstić information content (AvgIpc) is 2.65. The maximum absolute atomic E-state index is 8.83. The Morgan fingerprint density at radius 1 is 1.43 bits per heavy atom. The molecule has 2 aromatic heterocycles. The molecular weight excluding hydrogens is 200 g/mol. The Morgan fingerprint density at radius 2 is 2.29 bits per heavy atom. The summed E-state index contributed by atoms with van der Waals surface area (Å²) >= 11 is 5.72. The molecule has 0 aliphatic rings. The van der Waals surface area contributed by atoms with Crippen LogP contribution in [-0.4, -0.2) is 14.8 Å². The molecule has 0 atom stereocenters. The maximum Gasteiger partial charge on any atom is 0.102 e. The zero-order valence-electron chi connectivity index (χ0n) is 7.05. The van der Waals surface area contributed by atoms with Crippen LogP contribution in [0.25, 0.3) is 5.69 Å². The summed E-state index contributed by atoms with van der Waals surface area (Å²) in [7, 11) is 0. The van der Waals surface area contributed by atoms with Gasteiger partial charge >= 0.3 is 0 Å². The van der Waals surface area contributed by atoms with Gasteiger partial charge in [0, 0.05) is 12.4 Å². The third-order valence-electron chi connectivity index (χ3n) is 1.72. The van der Waals surface area contributed by atoms with Crippen molar-refractivity contribution < 1.29 is 0 Å². The first-order valence-electron chi connectivity index (χ1n) is 3.86. The Balaban J connectivity index is 2.57. The van der Waals surface area contributed by atoms with Crippen LogP contribution in [0.15, 0.2) is 30.9 Å². The van der Waals surface area contributed by atoms with Gasteiger partial charge < -0.3 is 0 Å². The highest BCUT2D eigenvalue weighted by Gasteiger charge is 2.04. The van der Waals surface area contributed by atoms with Crippen LogP contribution in [0.3, 0.4) is 0 Å². The van der Waals surface area contributed by atoms with Gasteiger partial charge in [0.25, 0.3) is 0 Å². The van der Waals surface area contributed by atoms with Gasteiger partial charge in [-0.1, -0.05) is 11.6 Å². The van der Waals surface area contributed by atoms with Crippen LogP contribution in [0.1, 0.15) is 5.56 Å². The number of pyridine rings is 1. The van der Waals surface area contributed by atoms with Crippen molar-refractivity contribution in [2.75, 3.05) is 0 Å². The number of hydrogen-bond donors (Lipinski definition) is 0. The molecule has 0 N–H and O–H groups in total. The monoisotopic (exact) mass is 204 g/mol. The van der Waals surface area contributed by atoms with E-state index in [4.69, 9.17) is 16.9 Å². The lowest BCUT2D eigenvalue weighted by atomic mass is 10.2. The Labute approximate surface area is 85.4 Å². The second kappa shape index (κ2) is 3.48. The number of hydrogen-bond acceptors (Lipinski definition) is 3. The number of aromatic nitrogens is 3. The molecule has 0 saturated heterocycles. The van der Waals surface area contributed by atoms with Gasteiger partial charge in [-0.2, -0.15) is 10.4 Å². The van der Waals surface area contributed by atoms with Crippen LogP contribution in [-0.2, 0) is 0 Å². The van der Waals surface area contributed by atoms with Crippen LogP contribution in [0, 0.1) is 11.3 Å². The van der Waals surface area contributed by atoms with E-state index in [1.54, 1.807) is 24.7 Å². The molecule has 0 fully saturated rings. The Kier molecular flexibility index (Phi) is 2.17. The molecule has 0 aliphatic heterocycles. The lowest BCUT2D eigenvalue weighted by Gasteiger charge is -2.01. The summed E-state index contributed by atoms with van der Waals surface area (Å²) in [6.07, 6.45) is 6.27. The van der Waals surface area contributed by atoms with Crippen molar-refractivity contribution in [3.05, 3.63) is 41.4 Å². The third kappa shape index (κ3) is 1.45. The topological polar surface area (TPSA) is 54.5 Å². The largest absolute Gasteiger partial charge is 0.262 e. The number of rotatable bonds is 1. The molecule has 0 spiro atoms. The summed E-state index contributed by atoms with van der Waals surface area (Å²) in [4.78, 5) is 3.92. The van der Waals surface area contributed by atoms with Gasteiger partial charge in [-0.15, -0.1) is 0 Å². The quantitative estimate of drug-likeness (QED) is 0.712. The first kappa shape index (κ1) is 8.73. The minimum Gasteiger partial charge on any atom is -0.262 e. The van der Waals surface area contributed by atoms with Crippen molar-refractivity contribution in [3.63, 3.8) is 0 Å². The smallest absolute Gasteiger partial charge is 0.102 e. The molecule has 2 aromatic rings. The van der Waals surface area contributed by atoms with Crippen LogP contribution in [0.2, 0.25) is 5.02 Å². The Bertz CT molecular complexity index is 498. The van der Waals surface area contributed by atoms with Gasteiger partial charge in [-0.05, 0) is 6.07 Å². The normalized spacial score (nSPS) is 9.71. The minimum atomic E-state index is 0.514. The standard InChI is InChI=1S/C9H5ClN4/c10-8-4-13-14(6-8)9-5-12-2-1-7(9)3-11/h1-2,4-6H. The molecule has 0 radical (unpaired) electrons. The van der Waals surface area contributed by atoms with Gasteiger partial charge in [0.05, 0.1) is 23.0 Å². The second-order valence-corrected chi connectivity index (χ2v) is 3.04. The van der Waals surface area contributed by atoms with Crippen molar-refractivity contribution in [1.82, 2.24) is 14.8 Å². The van der Waals surface area contributed by atoms with E-state index in [0.29, 0.717) is 16.3 Å². The Hall–Kier alpha value is -1.86. The van der Waals surface area contributed by atoms with Crippen molar-refractivity contribution >= 4 is 11.6 Å². The molecule has 0 saturated carbocycles. The van der Waals surface area contributed by atoms with Gasteiger partial charge in [0.15, 0.2) is 0 Å². The Morgan fingerprint density at radius 3 is 2.93 bits per heavy atom. The van der Waals surface area contributed by atoms with E-state index in [0.717, 1.165) is 0 Å². The number of nitriles is 1. The van der Waals surface area contributed by atoms with E-state index in [1.165, 1.54) is 10.9 Å². The van der Waals surface area contributed by atoms with E-state index in [9.17, 15) is 0 Å². The molecule has 2 rings (SSSR count). The average molecular weight is 205 g/mol. The molecule has 14 heavy (non-hydrogen) atoms. The van der Waals surface area contributed by atoms with E-state index < -0.39 is 0 Å². The molecule has 0 aliphatic carbocycles. The van der Waals surface area contributed by atoms with Gasteiger partial charge in [-0.3, -0.25) is 4.98 Å². The van der Waals surface area contributed by atoms with Crippen LogP contribution in [0.4, 0.5) is 0 Å². The van der Waals surface area contributed by atoms with Crippen molar-refractivity contribution in [2.45, 2.75) is 0 Å². The second-order valence-electron chi connectivity index (χ2n) is 2.61. The van der Waals surface area contributed by atoms with E-state index in [1.807, 2.05) is 0 Å². The zero-order valence-corrected chi connectivity index (χ0v) is 7.81. The molecule has 4 nitrogen and oxygen atoms in total. The van der Waals surface area contributed by atoms with Crippen molar-refractivity contribution in [3.8, 4) is 11.8 Å². The van der Waals surface area contributed by atoms with Crippen molar-refractivity contribution in [1.29, 1.82) is 5.26 Å². The van der Waals surface area contributed by atoms with E-state index in [2.05, 4.69) is 16.2 Å². The summed E-state index contributed by atoms with van der Waals surface area (Å²) in [5.41, 5.74) is 1.14. The molecular formula is C9H5ClN4. The summed E-state index contributed by atoms with van der Waals surface area (Å²) in [5.74, 6) is 0. The fourth-order valence-electron chi connectivity index (χ4n) is 1.10. The summed E-state index contributed by atoms with van der Waals surface area (Å²) < 4.78 is 1.52. The van der Waals surface area contributed by atoms with Gasteiger partial charge in [0.2, 0.25) is 0 Å². The van der Waals surface area contributed by atoms with Crippen LogP contribution < -0.4 is 0 Å². The molecule has 5 heteroatoms. The highest BCUT2D eigenvalue weighted by atomic mass is 35.5. The molecule has 0 aromatic carbocycles. The summed E-state index contributed by atoms with van der Waals surface area (Å²) in [5, 5.41) is 13.3. The fourth-order valence-corrected chi connectivity index (χ4v) is 1.23. The lowest BCUT2D eigenvalue weighted by Crippen LogP contribution is -1.98. The van der Waals surface area contributed by atoms with E-state index in [-0.39, 0.29) is 0 Å². The first-order valence-corrected chi connectivity index (χ1v) is 4.23. The SMILES string of the molecule is N#Cc1ccncc1-n1cc(Cl)cn1. The molecule has 0 amide bonds. The predicted molar refractivity (Wildman–Crippen MR) is 51.1 cm³/mol. The first-order chi connectivity index (χ1) is 6.81. The molecule has 68 valence electrons. The zero-order chi connectivity index (χ0) is 9.97. The molecule has 2 heterocycles. The predicted octanol–water partition coefficient (Wildman–Crippen LogP) is 1.79. The third-order valence-corrected chi connectivity index (χ3v) is 1.91. The maximum atomic E-state index is 8.83.